The first-order valence-corrected chi connectivity index (χ1v) is 3.69. The molecule has 0 aliphatic carbocycles. The molecule has 0 aliphatic rings. The van der Waals surface area contributed by atoms with Crippen molar-refractivity contribution in [2.45, 2.75) is 26.3 Å². The minimum Gasteiger partial charge on any atom is -0.450 e. The highest BCUT2D eigenvalue weighted by atomic mass is 16.5. The number of alkyl carbamates (subject to hydrolysis) is 1. The van der Waals surface area contributed by atoms with Crippen molar-refractivity contribution in [3.8, 4) is 0 Å². The summed E-state index contributed by atoms with van der Waals surface area (Å²) in [7, 11) is 0. The zero-order chi connectivity index (χ0) is 9.78. The van der Waals surface area contributed by atoms with E-state index in [1.165, 1.54) is 0 Å². The predicted molar refractivity (Wildman–Crippen MR) is 46.2 cm³/mol. The molecule has 0 saturated carbocycles. The van der Waals surface area contributed by atoms with Crippen LogP contribution in [0.3, 0.4) is 0 Å². The number of rotatable bonds is 3. The third-order valence-corrected chi connectivity index (χ3v) is 1.36. The number of carbonyl (C=O) groups excluding carboxylic acids is 1. The van der Waals surface area contributed by atoms with Crippen molar-refractivity contribution < 1.29 is 9.53 Å². The number of hydrogen-bond acceptors (Lipinski definition) is 3. The molecular weight excluding hydrogens is 158 g/mol. The number of hydrogen-bond donors (Lipinski definition) is 3. The van der Waals surface area contributed by atoms with Gasteiger partial charge in [-0.15, -0.1) is 0 Å². The maximum atomic E-state index is 10.9. The van der Waals surface area contributed by atoms with Gasteiger partial charge >= 0.3 is 6.09 Å². The van der Waals surface area contributed by atoms with Crippen molar-refractivity contribution in [2.24, 2.45) is 5.73 Å². The minimum absolute atomic E-state index is 0.101. The molecule has 12 heavy (non-hydrogen) atoms. The first kappa shape index (κ1) is 10.7. The molecule has 0 aromatic heterocycles. The number of nitrogens with one attached hydrogen (secondary N) is 2. The van der Waals surface area contributed by atoms with Crippen molar-refractivity contribution in [3.05, 3.63) is 0 Å². The summed E-state index contributed by atoms with van der Waals surface area (Å²) in [6, 6.07) is 0. The molecule has 0 atom stereocenters. The Morgan fingerprint density at radius 3 is 2.50 bits per heavy atom. The van der Waals surface area contributed by atoms with Crippen molar-refractivity contribution in [1.82, 2.24) is 5.32 Å². The quantitative estimate of drug-likeness (QED) is 0.427. The number of amidine groups is 1. The Hall–Kier alpha value is -1.26. The monoisotopic (exact) mass is 173 g/mol. The standard InChI is InChI=1S/C7H15N3O2/c1-4-12-6(11)10-7(2,3)5(8)9/h4H2,1-3H3,(H3,8,9)(H,10,11). The fraction of sp³-hybridized carbons (Fsp3) is 0.714. The molecule has 0 unspecified atom stereocenters. The van der Waals surface area contributed by atoms with Gasteiger partial charge in [0.05, 0.1) is 12.1 Å². The van der Waals surface area contributed by atoms with E-state index in [-0.39, 0.29) is 5.84 Å². The molecule has 5 heteroatoms. The van der Waals surface area contributed by atoms with E-state index < -0.39 is 11.6 Å². The molecular formula is C7H15N3O2. The molecule has 4 N–H and O–H groups in total. The molecule has 0 aliphatic heterocycles. The van der Waals surface area contributed by atoms with Crippen molar-refractivity contribution in [1.29, 1.82) is 5.41 Å². The second-order valence-electron chi connectivity index (χ2n) is 2.88. The summed E-state index contributed by atoms with van der Waals surface area (Å²) in [5.41, 5.74) is 4.39. The molecule has 0 aromatic carbocycles. The third-order valence-electron chi connectivity index (χ3n) is 1.36. The van der Waals surface area contributed by atoms with Gasteiger partial charge in [0, 0.05) is 0 Å². The molecule has 70 valence electrons. The summed E-state index contributed by atoms with van der Waals surface area (Å²) in [4.78, 5) is 10.9. The lowest BCUT2D eigenvalue weighted by Crippen LogP contribution is -2.52. The summed E-state index contributed by atoms with van der Waals surface area (Å²) < 4.78 is 4.63. The number of amides is 1. The van der Waals surface area contributed by atoms with Crippen LogP contribution >= 0.6 is 0 Å². The minimum atomic E-state index is -0.841. The SMILES string of the molecule is CCOC(=O)NC(C)(C)C(=N)N. The summed E-state index contributed by atoms with van der Waals surface area (Å²) in [5, 5.41) is 9.58. The van der Waals surface area contributed by atoms with Gasteiger partial charge in [-0.25, -0.2) is 4.79 Å². The first-order chi connectivity index (χ1) is 5.40. The van der Waals surface area contributed by atoms with Crippen LogP contribution < -0.4 is 11.1 Å². The maximum absolute atomic E-state index is 10.9. The smallest absolute Gasteiger partial charge is 0.407 e. The lowest BCUT2D eigenvalue weighted by Gasteiger charge is -2.23. The van der Waals surface area contributed by atoms with Gasteiger partial charge in [0.25, 0.3) is 0 Å². The zero-order valence-electron chi connectivity index (χ0n) is 7.60. The third kappa shape index (κ3) is 3.23. The molecule has 0 rings (SSSR count). The topological polar surface area (TPSA) is 88.2 Å². The molecule has 0 heterocycles. The van der Waals surface area contributed by atoms with Gasteiger partial charge in [-0.1, -0.05) is 0 Å². The van der Waals surface area contributed by atoms with E-state index in [4.69, 9.17) is 11.1 Å². The van der Waals surface area contributed by atoms with Gasteiger partial charge in [-0.3, -0.25) is 5.41 Å². The van der Waals surface area contributed by atoms with Crippen LogP contribution in [-0.4, -0.2) is 24.1 Å². The van der Waals surface area contributed by atoms with Crippen molar-refractivity contribution >= 4 is 11.9 Å². The number of ether oxygens (including phenoxy) is 1. The highest BCUT2D eigenvalue weighted by Gasteiger charge is 2.24. The number of carbonyl (C=O) groups is 1. The second kappa shape index (κ2) is 3.94. The highest BCUT2D eigenvalue weighted by molar-refractivity contribution is 5.89. The Morgan fingerprint density at radius 2 is 2.17 bits per heavy atom. The summed E-state index contributed by atoms with van der Waals surface area (Å²) in [5.74, 6) is -0.101. The molecule has 0 radical (unpaired) electrons. The van der Waals surface area contributed by atoms with Crippen LogP contribution in [0.2, 0.25) is 0 Å². The fourth-order valence-corrected chi connectivity index (χ4v) is 0.490. The average molecular weight is 173 g/mol. The van der Waals surface area contributed by atoms with Gasteiger partial charge in [-0.05, 0) is 20.8 Å². The lowest BCUT2D eigenvalue weighted by molar-refractivity contribution is 0.146. The molecule has 5 nitrogen and oxygen atoms in total. The maximum Gasteiger partial charge on any atom is 0.407 e. The predicted octanol–water partition coefficient (Wildman–Crippen LogP) is 0.447. The van der Waals surface area contributed by atoms with Crippen LogP contribution in [-0.2, 0) is 4.74 Å². The molecule has 0 spiro atoms. The van der Waals surface area contributed by atoms with E-state index in [0.29, 0.717) is 6.61 Å². The van der Waals surface area contributed by atoms with E-state index in [2.05, 4.69) is 10.1 Å². The largest absolute Gasteiger partial charge is 0.450 e. The Balaban J connectivity index is 4.06. The molecule has 1 amide bonds. The molecule has 0 saturated heterocycles. The lowest BCUT2D eigenvalue weighted by atomic mass is 10.1. The van der Waals surface area contributed by atoms with Crippen LogP contribution in [0, 0.1) is 5.41 Å². The van der Waals surface area contributed by atoms with E-state index in [1.807, 2.05) is 0 Å². The van der Waals surface area contributed by atoms with Gasteiger partial charge in [0.1, 0.15) is 5.84 Å². The van der Waals surface area contributed by atoms with Crippen LogP contribution in [0.4, 0.5) is 4.79 Å². The molecule has 0 fully saturated rings. The van der Waals surface area contributed by atoms with Crippen LogP contribution in [0.25, 0.3) is 0 Å². The van der Waals surface area contributed by atoms with Crippen molar-refractivity contribution in [3.63, 3.8) is 0 Å². The van der Waals surface area contributed by atoms with Crippen molar-refractivity contribution in [2.75, 3.05) is 6.61 Å². The van der Waals surface area contributed by atoms with Crippen LogP contribution in [0.1, 0.15) is 20.8 Å². The Labute approximate surface area is 71.8 Å². The highest BCUT2D eigenvalue weighted by Crippen LogP contribution is 2.00. The molecule has 0 aromatic rings. The van der Waals surface area contributed by atoms with Gasteiger partial charge in [0.2, 0.25) is 0 Å². The fourth-order valence-electron chi connectivity index (χ4n) is 0.490. The second-order valence-corrected chi connectivity index (χ2v) is 2.88. The first-order valence-electron chi connectivity index (χ1n) is 3.69. The van der Waals surface area contributed by atoms with E-state index in [9.17, 15) is 4.79 Å². The summed E-state index contributed by atoms with van der Waals surface area (Å²) >= 11 is 0. The normalized spacial score (nSPS) is 10.6. The van der Waals surface area contributed by atoms with Gasteiger partial charge in [0.15, 0.2) is 0 Å². The Kier molecular flexibility index (Phi) is 3.53. The average Bonchev–Trinajstić information content (AvgIpc) is 1.85. The van der Waals surface area contributed by atoms with E-state index in [0.717, 1.165) is 0 Å². The van der Waals surface area contributed by atoms with Crippen LogP contribution in [0.15, 0.2) is 0 Å². The molecule has 0 bridgehead atoms. The Bertz CT molecular complexity index is 189. The van der Waals surface area contributed by atoms with E-state index in [1.54, 1.807) is 20.8 Å². The zero-order valence-corrected chi connectivity index (χ0v) is 7.60. The summed E-state index contributed by atoms with van der Waals surface area (Å²) in [6.45, 7) is 5.28. The van der Waals surface area contributed by atoms with E-state index >= 15 is 0 Å². The van der Waals surface area contributed by atoms with Gasteiger partial charge in [-0.2, -0.15) is 0 Å². The van der Waals surface area contributed by atoms with Gasteiger partial charge < -0.3 is 15.8 Å². The number of nitrogens with two attached hydrogens (primary N) is 1. The Morgan fingerprint density at radius 1 is 1.67 bits per heavy atom. The van der Waals surface area contributed by atoms with Crippen LogP contribution in [0.5, 0.6) is 0 Å². The summed E-state index contributed by atoms with van der Waals surface area (Å²) in [6.07, 6.45) is -0.558.